The molecular formula is C22H22F6N2O5S. The van der Waals surface area contributed by atoms with Crippen LogP contribution in [-0.2, 0) is 20.9 Å². The Bertz CT molecular complexity index is 1180. The quantitative estimate of drug-likeness (QED) is 0.305. The average molecular weight is 540 g/mol. The number of benzene rings is 2. The van der Waals surface area contributed by atoms with Crippen molar-refractivity contribution in [2.75, 3.05) is 25.0 Å². The summed E-state index contributed by atoms with van der Waals surface area (Å²) in [7, 11) is -3.02. The zero-order chi connectivity index (χ0) is 27.1. The number of halogens is 6. The summed E-state index contributed by atoms with van der Waals surface area (Å²) in [5, 5.41) is 2.05. The molecule has 0 aliphatic carbocycles. The number of hydrogen-bond donors (Lipinski definition) is 2. The first kappa shape index (κ1) is 29.0. The van der Waals surface area contributed by atoms with Gasteiger partial charge in [-0.3, -0.25) is 9.52 Å². The van der Waals surface area contributed by atoms with Crippen molar-refractivity contribution in [2.45, 2.75) is 30.1 Å². The number of allylic oxidation sites excluding steroid dienone is 1. The summed E-state index contributed by atoms with van der Waals surface area (Å²) < 4.78 is 115. The molecule has 2 N–H and O–H groups in total. The van der Waals surface area contributed by atoms with E-state index >= 15 is 0 Å². The Morgan fingerprint density at radius 3 is 2.19 bits per heavy atom. The predicted molar refractivity (Wildman–Crippen MR) is 118 cm³/mol. The van der Waals surface area contributed by atoms with Crippen molar-refractivity contribution in [3.05, 3.63) is 65.9 Å². The molecule has 0 aliphatic heterocycles. The van der Waals surface area contributed by atoms with Gasteiger partial charge in [0, 0.05) is 19.2 Å². The van der Waals surface area contributed by atoms with E-state index in [2.05, 4.69) is 6.58 Å². The zero-order valence-electron chi connectivity index (χ0n) is 18.8. The first-order valence-corrected chi connectivity index (χ1v) is 11.6. The van der Waals surface area contributed by atoms with Crippen LogP contribution in [0, 0.1) is 0 Å². The number of carbonyl (C=O) groups is 1. The second kappa shape index (κ2) is 11.6. The SMILES string of the molecule is C=C(CCC(F)(F)F)NC(=O)c1ccc(C(F)(F)F)cc1NS(=O)(=O)c1ccc(OCCOC)cc1. The van der Waals surface area contributed by atoms with Gasteiger partial charge in [0.25, 0.3) is 15.9 Å². The van der Waals surface area contributed by atoms with Gasteiger partial charge in [-0.2, -0.15) is 26.3 Å². The van der Waals surface area contributed by atoms with Crippen LogP contribution >= 0.6 is 0 Å². The molecule has 1 amide bonds. The number of amides is 1. The molecule has 0 spiro atoms. The van der Waals surface area contributed by atoms with E-state index in [0.717, 1.165) is 12.1 Å². The molecule has 36 heavy (non-hydrogen) atoms. The lowest BCUT2D eigenvalue weighted by Gasteiger charge is -2.16. The van der Waals surface area contributed by atoms with Crippen LogP contribution in [0.5, 0.6) is 5.75 Å². The van der Waals surface area contributed by atoms with Crippen molar-refractivity contribution in [3.63, 3.8) is 0 Å². The Balaban J connectivity index is 2.31. The standard InChI is InChI=1S/C22H22F6N2O5S/c1-14(9-10-21(23,24)25)29-20(31)18-8-3-15(22(26,27)28)13-19(18)30-36(32,33)17-6-4-16(5-7-17)35-12-11-34-2/h3-8,13,30H,1,9-12H2,2H3,(H,29,31). The van der Waals surface area contributed by atoms with Gasteiger partial charge in [-0.1, -0.05) is 6.58 Å². The van der Waals surface area contributed by atoms with Crippen LogP contribution in [0.3, 0.4) is 0 Å². The molecule has 198 valence electrons. The highest BCUT2D eigenvalue weighted by atomic mass is 32.2. The van der Waals surface area contributed by atoms with Crippen LogP contribution in [0.2, 0.25) is 0 Å². The summed E-state index contributed by atoms with van der Waals surface area (Å²) in [6.07, 6.45) is -11.3. The summed E-state index contributed by atoms with van der Waals surface area (Å²) >= 11 is 0. The molecule has 7 nitrogen and oxygen atoms in total. The first-order chi connectivity index (χ1) is 16.6. The lowest BCUT2D eigenvalue weighted by Crippen LogP contribution is -2.25. The van der Waals surface area contributed by atoms with Crippen LogP contribution in [0.25, 0.3) is 0 Å². The number of anilines is 1. The van der Waals surface area contributed by atoms with Crippen LogP contribution in [0.1, 0.15) is 28.8 Å². The van der Waals surface area contributed by atoms with Gasteiger partial charge in [0.1, 0.15) is 12.4 Å². The fourth-order valence-corrected chi connectivity index (χ4v) is 3.82. The Kier molecular flexibility index (Phi) is 9.38. The molecule has 2 aromatic rings. The Morgan fingerprint density at radius 1 is 1.00 bits per heavy atom. The Labute approximate surface area is 203 Å². The Morgan fingerprint density at radius 2 is 1.64 bits per heavy atom. The molecule has 0 saturated carbocycles. The number of rotatable bonds is 11. The number of ether oxygens (including phenoxy) is 2. The molecule has 14 heteroatoms. The summed E-state index contributed by atoms with van der Waals surface area (Å²) in [5.74, 6) is -0.835. The lowest BCUT2D eigenvalue weighted by molar-refractivity contribution is -0.137. The maximum Gasteiger partial charge on any atom is 0.416 e. The lowest BCUT2D eigenvalue weighted by atomic mass is 10.1. The van der Waals surface area contributed by atoms with Crippen LogP contribution < -0.4 is 14.8 Å². The van der Waals surface area contributed by atoms with Gasteiger partial charge in [-0.05, 0) is 48.9 Å². The highest BCUT2D eigenvalue weighted by Gasteiger charge is 2.32. The molecule has 0 unspecified atom stereocenters. The Hall–Kier alpha value is -3.26. The maximum absolute atomic E-state index is 13.2. The molecule has 2 aromatic carbocycles. The molecular weight excluding hydrogens is 518 g/mol. The minimum Gasteiger partial charge on any atom is -0.491 e. The van der Waals surface area contributed by atoms with Crippen molar-refractivity contribution in [3.8, 4) is 5.75 Å². The second-order valence-corrected chi connectivity index (χ2v) is 9.03. The summed E-state index contributed by atoms with van der Waals surface area (Å²) in [6.45, 7) is 3.77. The van der Waals surface area contributed by atoms with Crippen molar-refractivity contribution >= 4 is 21.6 Å². The number of methoxy groups -OCH3 is 1. The van der Waals surface area contributed by atoms with E-state index in [1.807, 2.05) is 10.0 Å². The van der Waals surface area contributed by atoms with Crippen LogP contribution in [0.15, 0.2) is 59.6 Å². The predicted octanol–water partition coefficient (Wildman–Crippen LogP) is 5.12. The van der Waals surface area contributed by atoms with Crippen LogP contribution in [-0.4, -0.2) is 40.8 Å². The van der Waals surface area contributed by atoms with E-state index in [9.17, 15) is 39.6 Å². The average Bonchev–Trinajstić information content (AvgIpc) is 2.77. The molecule has 0 aromatic heterocycles. The minimum absolute atomic E-state index is 0.192. The molecule has 0 heterocycles. The summed E-state index contributed by atoms with van der Waals surface area (Å²) in [6, 6.07) is 6.56. The van der Waals surface area contributed by atoms with Gasteiger partial charge in [0.15, 0.2) is 0 Å². The smallest absolute Gasteiger partial charge is 0.416 e. The third-order valence-corrected chi connectivity index (χ3v) is 5.91. The molecule has 0 aliphatic rings. The first-order valence-electron chi connectivity index (χ1n) is 10.1. The molecule has 0 saturated heterocycles. The molecule has 0 bridgehead atoms. The van der Waals surface area contributed by atoms with Gasteiger partial charge in [0.05, 0.1) is 28.3 Å². The van der Waals surface area contributed by atoms with Gasteiger partial charge in [-0.15, -0.1) is 0 Å². The number of hydrogen-bond acceptors (Lipinski definition) is 5. The monoisotopic (exact) mass is 540 g/mol. The van der Waals surface area contributed by atoms with Gasteiger partial charge >= 0.3 is 12.4 Å². The topological polar surface area (TPSA) is 93.7 Å². The number of carbonyl (C=O) groups excluding carboxylic acids is 1. The molecule has 0 radical (unpaired) electrons. The van der Waals surface area contributed by atoms with Gasteiger partial charge in [0.2, 0.25) is 0 Å². The second-order valence-electron chi connectivity index (χ2n) is 7.35. The van der Waals surface area contributed by atoms with Gasteiger partial charge in [-0.25, -0.2) is 8.42 Å². The summed E-state index contributed by atoms with van der Waals surface area (Å²) in [5.41, 5.74) is -2.89. The minimum atomic E-state index is -4.87. The summed E-state index contributed by atoms with van der Waals surface area (Å²) in [4.78, 5) is 12.2. The van der Waals surface area contributed by atoms with Crippen molar-refractivity contribution in [2.24, 2.45) is 0 Å². The zero-order valence-corrected chi connectivity index (χ0v) is 19.6. The van der Waals surface area contributed by atoms with E-state index < -0.39 is 57.9 Å². The third kappa shape index (κ3) is 8.75. The fraction of sp³-hybridized carbons (Fsp3) is 0.318. The van der Waals surface area contributed by atoms with Gasteiger partial charge < -0.3 is 14.8 Å². The maximum atomic E-state index is 13.2. The largest absolute Gasteiger partial charge is 0.491 e. The molecule has 0 fully saturated rings. The highest BCUT2D eigenvalue weighted by Crippen LogP contribution is 2.33. The number of alkyl halides is 6. The third-order valence-electron chi connectivity index (χ3n) is 4.53. The fourth-order valence-electron chi connectivity index (χ4n) is 2.75. The normalized spacial score (nSPS) is 12.2. The number of sulfonamides is 1. The van der Waals surface area contributed by atoms with Crippen molar-refractivity contribution < 1.29 is 49.0 Å². The van der Waals surface area contributed by atoms with Crippen LogP contribution in [0.4, 0.5) is 32.0 Å². The van der Waals surface area contributed by atoms with E-state index in [1.54, 1.807) is 0 Å². The van der Waals surface area contributed by atoms with Crippen molar-refractivity contribution in [1.82, 2.24) is 5.32 Å². The van der Waals surface area contributed by atoms with E-state index in [4.69, 9.17) is 9.47 Å². The van der Waals surface area contributed by atoms with Crippen molar-refractivity contribution in [1.29, 1.82) is 0 Å². The molecule has 0 atom stereocenters. The van der Waals surface area contributed by atoms with E-state index in [-0.39, 0.29) is 23.8 Å². The van der Waals surface area contributed by atoms with E-state index in [0.29, 0.717) is 23.9 Å². The number of nitrogens with one attached hydrogen (secondary N) is 2. The van der Waals surface area contributed by atoms with E-state index in [1.165, 1.54) is 19.2 Å². The highest BCUT2D eigenvalue weighted by molar-refractivity contribution is 7.92. The molecule has 2 rings (SSSR count).